The molecule has 4 amide bonds. The van der Waals surface area contributed by atoms with E-state index in [0.29, 0.717) is 12.8 Å². The first-order valence-electron chi connectivity index (χ1n) is 29.8. The highest BCUT2D eigenvalue weighted by atomic mass is 16.7. The summed E-state index contributed by atoms with van der Waals surface area (Å²) in [5.41, 5.74) is 5.40. The molecular formula is C58H106N4O14. The number of methoxy groups -OCH3 is 1. The zero-order chi connectivity index (χ0) is 56.4. The van der Waals surface area contributed by atoms with Crippen LogP contribution < -0.4 is 21.7 Å². The minimum atomic E-state index is -1.64. The summed E-state index contributed by atoms with van der Waals surface area (Å²) in [7, 11) is 1.18. The highest BCUT2D eigenvalue weighted by molar-refractivity contribution is 5.92. The number of carbonyl (C=O) groups excluding carboxylic acids is 7. The van der Waals surface area contributed by atoms with Crippen LogP contribution in [0.5, 0.6) is 0 Å². The van der Waals surface area contributed by atoms with Crippen molar-refractivity contribution in [2.75, 3.05) is 13.7 Å². The van der Waals surface area contributed by atoms with E-state index in [1.165, 1.54) is 163 Å². The molecule has 0 radical (unpaired) electrons. The summed E-state index contributed by atoms with van der Waals surface area (Å²) in [5.74, 6) is -4.98. The Kier molecular flexibility index (Phi) is 41.6. The Balaban J connectivity index is 2.78. The third-order valence-corrected chi connectivity index (χ3v) is 14.3. The largest absolute Gasteiger partial charge is 0.469 e. The Labute approximate surface area is 457 Å². The summed E-state index contributed by atoms with van der Waals surface area (Å²) < 4.78 is 28.1. The minimum Gasteiger partial charge on any atom is -0.469 e. The molecule has 0 bridgehead atoms. The molecule has 1 fully saturated rings. The van der Waals surface area contributed by atoms with Gasteiger partial charge in [0.25, 0.3) is 0 Å². The van der Waals surface area contributed by atoms with Gasteiger partial charge in [-0.25, -0.2) is 0 Å². The van der Waals surface area contributed by atoms with Gasteiger partial charge in [-0.2, -0.15) is 0 Å². The highest BCUT2D eigenvalue weighted by Crippen LogP contribution is 2.27. The van der Waals surface area contributed by atoms with Gasteiger partial charge in [-0.1, -0.05) is 194 Å². The molecule has 9 atom stereocenters. The van der Waals surface area contributed by atoms with E-state index in [4.69, 9.17) is 24.7 Å². The molecule has 1 aliphatic heterocycles. The van der Waals surface area contributed by atoms with Gasteiger partial charge in [0.15, 0.2) is 0 Å². The summed E-state index contributed by atoms with van der Waals surface area (Å²) in [5, 5.41) is 28.9. The molecule has 1 rings (SSSR count). The summed E-state index contributed by atoms with van der Waals surface area (Å²) in [6.07, 6.45) is 28.1. The van der Waals surface area contributed by atoms with Gasteiger partial charge in [-0.15, -0.1) is 0 Å². The lowest BCUT2D eigenvalue weighted by Crippen LogP contribution is -2.66. The smallest absolute Gasteiger partial charge is 0.311 e. The van der Waals surface area contributed by atoms with Crippen LogP contribution in [0.1, 0.15) is 259 Å². The number of esters is 3. The number of hydrogen-bond acceptors (Lipinski definition) is 14. The van der Waals surface area contributed by atoms with Gasteiger partial charge in [-0.05, 0) is 39.5 Å². The topological polar surface area (TPSA) is 268 Å². The number of primary amides is 1. The summed E-state index contributed by atoms with van der Waals surface area (Å²) in [6, 6.07) is -3.85. The second-order valence-corrected chi connectivity index (χ2v) is 21.2. The maximum absolute atomic E-state index is 13.7. The average molecular weight is 1080 g/mol. The average Bonchev–Trinajstić information content (AvgIpc) is 3.38. The molecule has 1 heterocycles. The first-order chi connectivity index (χ1) is 36.6. The lowest BCUT2D eigenvalue weighted by molar-refractivity contribution is -0.274. The van der Waals surface area contributed by atoms with E-state index in [0.717, 1.165) is 51.4 Å². The lowest BCUT2D eigenvalue weighted by Gasteiger charge is -2.44. The Morgan fingerprint density at radius 2 is 1.05 bits per heavy atom. The number of carbonyl (C=O) groups is 7. The number of aliphatic hydroxyl groups excluding tert-OH is 2. The van der Waals surface area contributed by atoms with E-state index < -0.39 is 97.1 Å². The van der Waals surface area contributed by atoms with Crippen LogP contribution in [0.3, 0.4) is 0 Å². The molecule has 0 aromatic rings. The molecule has 7 N–H and O–H groups in total. The number of amides is 4. The Morgan fingerprint density at radius 3 is 1.49 bits per heavy atom. The van der Waals surface area contributed by atoms with Crippen LogP contribution in [0.25, 0.3) is 0 Å². The van der Waals surface area contributed by atoms with Gasteiger partial charge >= 0.3 is 17.9 Å². The molecule has 18 nitrogen and oxygen atoms in total. The first-order valence-corrected chi connectivity index (χ1v) is 29.8. The monoisotopic (exact) mass is 1080 g/mol. The zero-order valence-corrected chi connectivity index (χ0v) is 48.0. The van der Waals surface area contributed by atoms with Crippen molar-refractivity contribution in [2.24, 2.45) is 5.73 Å². The molecule has 0 aromatic heterocycles. The lowest BCUT2D eigenvalue weighted by atomic mass is 9.96. The van der Waals surface area contributed by atoms with Crippen LogP contribution >= 0.6 is 0 Å². The Bertz CT molecular complexity index is 1590. The molecule has 18 heteroatoms. The SMILES string of the molecule is CCCCCCCCCCCCCCCCCCCCCCCC(=O)O[C@H](CCCCCCCCCCC)CC(=O)O[C@H]1O[C@H](CO)[C@@H](O)[C@@H](OC(C)C(=O)N[C@@H](C)C(=O)N[C@H](CCC(=O)OC)C(N)=O)[C@H]1NC(C)=O. The number of nitrogens with one attached hydrogen (secondary N) is 3. The van der Waals surface area contributed by atoms with Crippen LogP contribution in [-0.4, -0.2) is 120 Å². The van der Waals surface area contributed by atoms with Gasteiger partial charge in [0.1, 0.15) is 48.6 Å². The third-order valence-electron chi connectivity index (χ3n) is 14.3. The van der Waals surface area contributed by atoms with Gasteiger partial charge in [0, 0.05) is 19.8 Å². The van der Waals surface area contributed by atoms with Crippen molar-refractivity contribution in [1.29, 1.82) is 0 Å². The maximum atomic E-state index is 13.7. The number of hydrogen-bond donors (Lipinski definition) is 6. The fourth-order valence-corrected chi connectivity index (χ4v) is 9.55. The van der Waals surface area contributed by atoms with Crippen molar-refractivity contribution >= 4 is 41.5 Å². The predicted octanol–water partition coefficient (Wildman–Crippen LogP) is 9.14. The molecule has 0 aromatic carbocycles. The van der Waals surface area contributed by atoms with Crippen molar-refractivity contribution in [3.05, 3.63) is 0 Å². The van der Waals surface area contributed by atoms with Crippen LogP contribution in [0.4, 0.5) is 0 Å². The fourth-order valence-electron chi connectivity index (χ4n) is 9.55. The Morgan fingerprint density at radius 1 is 0.592 bits per heavy atom. The van der Waals surface area contributed by atoms with E-state index in [1.807, 2.05) is 0 Å². The number of aliphatic hydroxyl groups is 2. The molecule has 0 aliphatic carbocycles. The number of unbranched alkanes of at least 4 members (excludes halogenated alkanes) is 28. The normalized spacial score (nSPS) is 18.9. The summed E-state index contributed by atoms with van der Waals surface area (Å²) in [4.78, 5) is 89.3. The molecule has 1 saturated heterocycles. The highest BCUT2D eigenvalue weighted by Gasteiger charge is 2.49. The number of ether oxygens (including phenoxy) is 5. The van der Waals surface area contributed by atoms with Gasteiger partial charge in [-0.3, -0.25) is 33.6 Å². The van der Waals surface area contributed by atoms with Gasteiger partial charge < -0.3 is 55.6 Å². The van der Waals surface area contributed by atoms with E-state index >= 15 is 0 Å². The molecule has 0 saturated carbocycles. The van der Waals surface area contributed by atoms with Crippen molar-refractivity contribution in [3.63, 3.8) is 0 Å². The second kappa shape index (κ2) is 45.0. The van der Waals surface area contributed by atoms with Crippen LogP contribution in [0.15, 0.2) is 0 Å². The third kappa shape index (κ3) is 34.1. The molecular weight excluding hydrogens is 977 g/mol. The maximum Gasteiger partial charge on any atom is 0.311 e. The quantitative estimate of drug-likeness (QED) is 0.0189. The van der Waals surface area contributed by atoms with Crippen molar-refractivity contribution < 1.29 is 67.5 Å². The van der Waals surface area contributed by atoms with Gasteiger partial charge in [0.2, 0.25) is 29.9 Å². The summed E-state index contributed by atoms with van der Waals surface area (Å²) >= 11 is 0. The van der Waals surface area contributed by atoms with Gasteiger partial charge in [0.05, 0.1) is 20.1 Å². The molecule has 76 heavy (non-hydrogen) atoms. The minimum absolute atomic E-state index is 0.136. The second-order valence-electron chi connectivity index (χ2n) is 21.2. The molecule has 1 unspecified atom stereocenters. The molecule has 442 valence electrons. The van der Waals surface area contributed by atoms with E-state index in [-0.39, 0.29) is 31.7 Å². The van der Waals surface area contributed by atoms with Crippen molar-refractivity contribution in [3.8, 4) is 0 Å². The fraction of sp³-hybridized carbons (Fsp3) is 0.879. The number of rotatable bonds is 48. The van der Waals surface area contributed by atoms with E-state index in [1.54, 1.807) is 0 Å². The first kappa shape index (κ1) is 70.1. The molecule has 1 aliphatic rings. The van der Waals surface area contributed by atoms with Crippen molar-refractivity contribution in [2.45, 2.75) is 314 Å². The Hall–Kier alpha value is -3.87. The van der Waals surface area contributed by atoms with Crippen LogP contribution in [-0.2, 0) is 57.2 Å². The van der Waals surface area contributed by atoms with E-state index in [2.05, 4.69) is 34.5 Å². The van der Waals surface area contributed by atoms with Crippen LogP contribution in [0, 0.1) is 0 Å². The number of nitrogens with two attached hydrogens (primary N) is 1. The van der Waals surface area contributed by atoms with Crippen molar-refractivity contribution in [1.82, 2.24) is 16.0 Å². The zero-order valence-electron chi connectivity index (χ0n) is 48.0. The summed E-state index contributed by atoms with van der Waals surface area (Å²) in [6.45, 7) is 7.54. The van der Waals surface area contributed by atoms with E-state index in [9.17, 15) is 43.8 Å². The van der Waals surface area contributed by atoms with Crippen LogP contribution in [0.2, 0.25) is 0 Å². The molecule has 0 spiro atoms. The standard InChI is InChI=1S/C58H106N4O14/c1-7-9-11-13-15-17-18-19-20-21-22-23-24-25-26-27-28-30-32-34-36-38-50(66)74-46(37-35-33-31-29-16-14-12-10-8-2)41-51(67)76-58-52(61-45(5)64)54(53(68)48(42-63)75-58)73-44(4)57(71)60-43(3)56(70)62-47(55(59)69)39-40-49(65)72-6/h43-44,46-48,52-54,58,63,68H,7-42H2,1-6H3,(H2,59,69)(H,60,71)(H,61,64)(H,62,70)/t43-,44?,46+,47+,48+,52+,53+,54-,58+/m0/s1. The predicted molar refractivity (Wildman–Crippen MR) is 293 cm³/mol.